The van der Waals surface area contributed by atoms with Crippen molar-refractivity contribution in [1.29, 1.82) is 0 Å². The van der Waals surface area contributed by atoms with Gasteiger partial charge in [0.15, 0.2) is 0 Å². The predicted molar refractivity (Wildman–Crippen MR) is 351 cm³/mol. The molecule has 0 aliphatic carbocycles. The number of nitrogens with zero attached hydrogens (tertiary/aromatic N) is 3. The second-order valence-corrected chi connectivity index (χ2v) is 27.8. The van der Waals surface area contributed by atoms with E-state index in [1.54, 1.807) is 0 Å². The highest BCUT2D eigenvalue weighted by molar-refractivity contribution is 6.94. The molecular weight excluding hydrogens is 1010 g/mol. The van der Waals surface area contributed by atoms with Crippen LogP contribution in [-0.4, -0.2) is 11.4 Å². The molecule has 7 heteroatoms. The Labute approximate surface area is 484 Å². The highest BCUT2D eigenvalue weighted by Crippen LogP contribution is 2.54. The normalized spacial score (nSPS) is 13.7. The predicted octanol–water partition coefficient (Wildman–Crippen LogP) is 20.4. The van der Waals surface area contributed by atoms with Crippen LogP contribution < -0.4 is 20.6 Å². The van der Waals surface area contributed by atoms with Crippen LogP contribution in [0.1, 0.15) is 105 Å². The van der Waals surface area contributed by atoms with Gasteiger partial charge in [0, 0.05) is 100 Å². The van der Waals surface area contributed by atoms with E-state index in [4.69, 9.17) is 13.3 Å². The van der Waals surface area contributed by atoms with Crippen LogP contribution in [0.2, 0.25) is 0 Å². The van der Waals surface area contributed by atoms with Crippen LogP contribution in [0.5, 0.6) is 0 Å². The van der Waals surface area contributed by atoms with E-state index in [9.17, 15) is 0 Å². The summed E-state index contributed by atoms with van der Waals surface area (Å²) in [6.45, 7) is 27.1. The number of benzene rings is 10. The quantitative estimate of drug-likeness (QED) is 0.164. The molecular formula is C76H66BN3O3. The van der Waals surface area contributed by atoms with Gasteiger partial charge in [0.25, 0.3) is 0 Å². The molecule has 10 aromatic carbocycles. The molecule has 2 aliphatic heterocycles. The third-order valence-electron chi connectivity index (χ3n) is 18.4. The zero-order chi connectivity index (χ0) is 57.0. The van der Waals surface area contributed by atoms with E-state index >= 15 is 0 Å². The highest BCUT2D eigenvalue weighted by Gasteiger charge is 2.47. The van der Waals surface area contributed by atoms with Crippen LogP contribution in [0.25, 0.3) is 104 Å². The third kappa shape index (κ3) is 7.28. The summed E-state index contributed by atoms with van der Waals surface area (Å²) in [7, 11) is 0. The van der Waals surface area contributed by atoms with Crippen LogP contribution in [0.3, 0.4) is 0 Å². The molecule has 14 aromatic rings. The van der Waals surface area contributed by atoms with Crippen LogP contribution in [0.4, 0.5) is 28.4 Å². The zero-order valence-electron chi connectivity index (χ0n) is 49.5. The smallest absolute Gasteiger partial charge is 0.333 e. The SMILES string of the molecule is CC(C)(C)c1ccc(N2B3c4cc5oc6ccccc6c5cc4-n4c5ccc(C(C)(C)C)cc5c5c6c(oc7ccccc76)c(c3c54)-c3cc4c(cc32)oc2cc(N(c3ccc(C(C)(C)C)cc3)c3ccc(C(C)(C)C)cc3)ccc24)cc1. The number of anilines is 5. The van der Waals surface area contributed by atoms with Crippen molar-refractivity contribution in [2.75, 3.05) is 9.71 Å². The summed E-state index contributed by atoms with van der Waals surface area (Å²) in [5.41, 5.74) is 23.7. The molecule has 83 heavy (non-hydrogen) atoms. The molecule has 0 unspecified atom stereocenters. The lowest BCUT2D eigenvalue weighted by molar-refractivity contribution is 0.590. The van der Waals surface area contributed by atoms with Gasteiger partial charge in [0.05, 0.1) is 11.0 Å². The Hall–Kier alpha value is -8.94. The Bertz CT molecular complexity index is 5000. The van der Waals surface area contributed by atoms with E-state index in [0.29, 0.717) is 0 Å². The molecule has 0 bridgehead atoms. The standard InChI is InChI=1S/C76H66BN3O3/c1-73(2,3)43-21-28-47(29-22-43)78(48-30-23-44(24-31-48)74(4,5)6)50-34-35-52-54-39-57-60(42-66(54)82-64(52)38-50)80(49-32-25-45(26-33-49)75(7,8)9)77-58-41-65-55(51-17-13-15-19-62(51)81-65)40-61(58)79-59-36-27-46(76(10,11)12)37-56(59)67-68-53-18-14-16-20-63(53)83-72(68)69(57)70(77)71(67)79/h13-42H,1-12H3. The molecule has 0 saturated heterocycles. The monoisotopic (exact) mass is 1080 g/mol. The van der Waals surface area contributed by atoms with Gasteiger partial charge in [-0.25, -0.2) is 0 Å². The molecule has 0 atom stereocenters. The first-order chi connectivity index (χ1) is 39.7. The Kier molecular flexibility index (Phi) is 10.1. The molecule has 406 valence electrons. The number of aromatic nitrogens is 1. The minimum Gasteiger partial charge on any atom is -0.456 e. The summed E-state index contributed by atoms with van der Waals surface area (Å²) in [4.78, 5) is 4.95. The van der Waals surface area contributed by atoms with Gasteiger partial charge in [0.2, 0.25) is 0 Å². The average molecular weight is 1080 g/mol. The fraction of sp³-hybridized carbons (Fsp3) is 0.211. The van der Waals surface area contributed by atoms with Gasteiger partial charge in [-0.05, 0) is 146 Å². The molecule has 16 rings (SSSR count). The first-order valence-corrected chi connectivity index (χ1v) is 29.5. The number of hydrogen-bond acceptors (Lipinski definition) is 5. The maximum Gasteiger partial charge on any atom is 0.333 e. The number of fused-ring (bicyclic) bond motifs is 19. The van der Waals surface area contributed by atoms with Gasteiger partial charge < -0.3 is 27.5 Å². The number of para-hydroxylation sites is 2. The number of rotatable bonds is 4. The number of furan rings is 3. The third-order valence-corrected chi connectivity index (χ3v) is 18.4. The summed E-state index contributed by atoms with van der Waals surface area (Å²) < 4.78 is 24.1. The van der Waals surface area contributed by atoms with Crippen LogP contribution in [-0.2, 0) is 21.7 Å². The molecule has 0 spiro atoms. The molecule has 6 heterocycles. The summed E-state index contributed by atoms with van der Waals surface area (Å²) in [6, 6.07) is 67.9. The van der Waals surface area contributed by atoms with E-state index in [2.05, 4.69) is 279 Å². The van der Waals surface area contributed by atoms with Gasteiger partial charge in [-0.3, -0.25) is 0 Å². The molecule has 4 aromatic heterocycles. The van der Waals surface area contributed by atoms with Crippen molar-refractivity contribution in [2.45, 2.75) is 105 Å². The minimum atomic E-state index is -0.305. The molecule has 0 fully saturated rings. The fourth-order valence-electron chi connectivity index (χ4n) is 13.9. The summed E-state index contributed by atoms with van der Waals surface area (Å²) >= 11 is 0. The van der Waals surface area contributed by atoms with Gasteiger partial charge in [0.1, 0.15) is 33.5 Å². The average Bonchev–Trinajstić information content (AvgIpc) is 1.61. The van der Waals surface area contributed by atoms with Crippen LogP contribution in [0.15, 0.2) is 195 Å². The summed E-state index contributed by atoms with van der Waals surface area (Å²) in [6.07, 6.45) is 0. The minimum absolute atomic E-state index is 0.0228. The molecule has 0 radical (unpaired) electrons. The van der Waals surface area contributed by atoms with Crippen molar-refractivity contribution < 1.29 is 13.3 Å². The van der Waals surface area contributed by atoms with Crippen molar-refractivity contribution in [1.82, 2.24) is 4.57 Å². The lowest BCUT2D eigenvalue weighted by Gasteiger charge is -2.42. The van der Waals surface area contributed by atoms with Gasteiger partial charge in [-0.1, -0.05) is 162 Å². The lowest BCUT2D eigenvalue weighted by Crippen LogP contribution is -2.60. The number of hydrogen-bond donors (Lipinski definition) is 0. The van der Waals surface area contributed by atoms with Crippen molar-refractivity contribution in [3.63, 3.8) is 0 Å². The lowest BCUT2D eigenvalue weighted by atomic mass is 9.43. The zero-order valence-corrected chi connectivity index (χ0v) is 49.5. The largest absolute Gasteiger partial charge is 0.456 e. The molecule has 0 saturated carbocycles. The van der Waals surface area contributed by atoms with Gasteiger partial charge in [-0.2, -0.15) is 0 Å². The molecule has 6 nitrogen and oxygen atoms in total. The molecule has 0 amide bonds. The molecule has 2 aliphatic rings. The van der Waals surface area contributed by atoms with E-state index in [1.807, 2.05) is 0 Å². The second-order valence-electron chi connectivity index (χ2n) is 27.8. The second kappa shape index (κ2) is 16.8. The highest BCUT2D eigenvalue weighted by atomic mass is 16.3. The van der Waals surface area contributed by atoms with Gasteiger partial charge >= 0.3 is 6.85 Å². The first-order valence-electron chi connectivity index (χ1n) is 29.5. The van der Waals surface area contributed by atoms with E-state index in [-0.39, 0.29) is 28.5 Å². The Morgan fingerprint density at radius 1 is 0.386 bits per heavy atom. The first kappa shape index (κ1) is 49.8. The van der Waals surface area contributed by atoms with E-state index in [1.165, 1.54) is 49.5 Å². The molecule has 0 N–H and O–H groups in total. The fourth-order valence-corrected chi connectivity index (χ4v) is 13.9. The Morgan fingerprint density at radius 3 is 1.54 bits per heavy atom. The Balaban J connectivity index is 1.01. The van der Waals surface area contributed by atoms with Crippen molar-refractivity contribution in [2.24, 2.45) is 0 Å². The van der Waals surface area contributed by atoms with E-state index in [0.717, 1.165) is 117 Å². The van der Waals surface area contributed by atoms with Crippen molar-refractivity contribution in [3.05, 3.63) is 204 Å². The van der Waals surface area contributed by atoms with Crippen LogP contribution in [0, 0.1) is 0 Å². The topological polar surface area (TPSA) is 50.8 Å². The van der Waals surface area contributed by atoms with Crippen molar-refractivity contribution in [3.8, 4) is 16.8 Å². The summed E-state index contributed by atoms with van der Waals surface area (Å²) in [5.74, 6) is 0. The maximum atomic E-state index is 7.42. The van der Waals surface area contributed by atoms with Gasteiger partial charge in [-0.15, -0.1) is 0 Å². The van der Waals surface area contributed by atoms with Crippen LogP contribution >= 0.6 is 0 Å². The summed E-state index contributed by atoms with van der Waals surface area (Å²) in [5, 5.41) is 9.00. The van der Waals surface area contributed by atoms with E-state index < -0.39 is 0 Å². The Morgan fingerprint density at radius 2 is 0.904 bits per heavy atom. The maximum absolute atomic E-state index is 7.42. The van der Waals surface area contributed by atoms with Crippen molar-refractivity contribution >= 4 is 134 Å².